The van der Waals surface area contributed by atoms with E-state index in [1.54, 1.807) is 5.06 Å². The van der Waals surface area contributed by atoms with Crippen LogP contribution in [0, 0.1) is 0 Å². The molecule has 0 spiro atoms. The van der Waals surface area contributed by atoms with E-state index in [0.717, 1.165) is 13.0 Å². The van der Waals surface area contributed by atoms with Gasteiger partial charge in [-0.25, -0.2) is 0 Å². The lowest BCUT2D eigenvalue weighted by atomic mass is 10.4. The quantitative estimate of drug-likeness (QED) is 0.323. The molecule has 0 rings (SSSR count). The molecule has 54 valence electrons. The van der Waals surface area contributed by atoms with Gasteiger partial charge < -0.3 is 0 Å². The van der Waals surface area contributed by atoms with E-state index < -0.39 is 0 Å². The summed E-state index contributed by atoms with van der Waals surface area (Å²) in [4.78, 5) is 5.13. The minimum atomic E-state index is 0.775. The Morgan fingerprint density at radius 3 is 2.56 bits per heavy atom. The van der Waals surface area contributed by atoms with Crippen molar-refractivity contribution in [1.29, 1.82) is 0 Å². The molecule has 0 aliphatic carbocycles. The SMILES string of the molecule is CC=CCCON(C)C. The molecule has 0 aromatic carbocycles. The van der Waals surface area contributed by atoms with E-state index >= 15 is 0 Å². The lowest BCUT2D eigenvalue weighted by molar-refractivity contribution is -0.117. The van der Waals surface area contributed by atoms with Gasteiger partial charge in [0.1, 0.15) is 0 Å². The number of rotatable bonds is 4. The van der Waals surface area contributed by atoms with Crippen molar-refractivity contribution in [2.24, 2.45) is 0 Å². The summed E-state index contributed by atoms with van der Waals surface area (Å²) in [6.45, 7) is 2.78. The van der Waals surface area contributed by atoms with Gasteiger partial charge in [0.15, 0.2) is 0 Å². The molecule has 9 heavy (non-hydrogen) atoms. The van der Waals surface area contributed by atoms with Crippen molar-refractivity contribution in [2.45, 2.75) is 13.3 Å². The predicted octanol–water partition coefficient (Wildman–Crippen LogP) is 1.45. The molecule has 0 bridgehead atoms. The first kappa shape index (κ1) is 8.66. The second-order valence-corrected chi connectivity index (χ2v) is 2.00. The zero-order valence-corrected chi connectivity index (χ0v) is 6.42. The van der Waals surface area contributed by atoms with E-state index in [4.69, 9.17) is 4.84 Å². The third kappa shape index (κ3) is 7.66. The monoisotopic (exact) mass is 129 g/mol. The van der Waals surface area contributed by atoms with Crippen molar-refractivity contribution in [3.63, 3.8) is 0 Å². The molecule has 0 aromatic heterocycles. The second-order valence-electron chi connectivity index (χ2n) is 2.00. The Balaban J connectivity index is 2.91. The molecule has 0 fully saturated rings. The third-order valence-electron chi connectivity index (χ3n) is 0.870. The van der Waals surface area contributed by atoms with Crippen LogP contribution >= 0.6 is 0 Å². The number of hydroxylamine groups is 2. The van der Waals surface area contributed by atoms with Gasteiger partial charge in [0.05, 0.1) is 6.61 Å². The lowest BCUT2D eigenvalue weighted by Gasteiger charge is -2.07. The first-order chi connectivity index (χ1) is 4.27. The fourth-order valence-corrected chi connectivity index (χ4v) is 0.470. The molecule has 0 atom stereocenters. The van der Waals surface area contributed by atoms with E-state index in [9.17, 15) is 0 Å². The zero-order valence-electron chi connectivity index (χ0n) is 6.42. The third-order valence-corrected chi connectivity index (χ3v) is 0.870. The van der Waals surface area contributed by atoms with Gasteiger partial charge in [-0.2, -0.15) is 5.06 Å². The van der Waals surface area contributed by atoms with E-state index in [2.05, 4.69) is 6.08 Å². The normalized spacial score (nSPS) is 11.6. The summed E-state index contributed by atoms with van der Waals surface area (Å²) in [5.74, 6) is 0. The highest BCUT2D eigenvalue weighted by Crippen LogP contribution is 1.85. The van der Waals surface area contributed by atoms with Gasteiger partial charge in [-0.05, 0) is 13.3 Å². The summed E-state index contributed by atoms with van der Waals surface area (Å²) >= 11 is 0. The smallest absolute Gasteiger partial charge is 0.0719 e. The van der Waals surface area contributed by atoms with E-state index in [1.807, 2.05) is 27.1 Å². The molecule has 0 unspecified atom stereocenters. The van der Waals surface area contributed by atoms with Crippen LogP contribution in [0.2, 0.25) is 0 Å². The van der Waals surface area contributed by atoms with Gasteiger partial charge in [-0.1, -0.05) is 12.2 Å². The molecule has 0 saturated carbocycles. The highest BCUT2D eigenvalue weighted by Gasteiger charge is 1.84. The topological polar surface area (TPSA) is 12.5 Å². The van der Waals surface area contributed by atoms with Gasteiger partial charge in [0, 0.05) is 14.1 Å². The number of hydrogen-bond acceptors (Lipinski definition) is 2. The Kier molecular flexibility index (Phi) is 5.57. The second kappa shape index (κ2) is 5.79. The van der Waals surface area contributed by atoms with Crippen LogP contribution in [-0.2, 0) is 4.84 Å². The highest BCUT2D eigenvalue weighted by atomic mass is 16.7. The molecule has 0 amide bonds. The zero-order chi connectivity index (χ0) is 7.11. The molecule has 0 aliphatic heterocycles. The Hall–Kier alpha value is -0.340. The molecule has 0 aromatic rings. The highest BCUT2D eigenvalue weighted by molar-refractivity contribution is 4.75. The van der Waals surface area contributed by atoms with Crippen LogP contribution in [0.5, 0.6) is 0 Å². The molecule has 2 nitrogen and oxygen atoms in total. The number of nitrogens with zero attached hydrogens (tertiary/aromatic N) is 1. The molecule has 2 heteroatoms. The largest absolute Gasteiger partial charge is 0.299 e. The van der Waals surface area contributed by atoms with Crippen molar-refractivity contribution >= 4 is 0 Å². The Morgan fingerprint density at radius 1 is 1.44 bits per heavy atom. The molecular weight excluding hydrogens is 114 g/mol. The van der Waals surface area contributed by atoms with E-state index in [0.29, 0.717) is 0 Å². The van der Waals surface area contributed by atoms with Crippen molar-refractivity contribution in [1.82, 2.24) is 5.06 Å². The summed E-state index contributed by atoms with van der Waals surface area (Å²) in [6, 6.07) is 0. The standard InChI is InChI=1S/C7H15NO/c1-4-5-6-7-9-8(2)3/h4-5H,6-7H2,1-3H3. The van der Waals surface area contributed by atoms with Crippen molar-refractivity contribution in [2.75, 3.05) is 20.7 Å². The van der Waals surface area contributed by atoms with E-state index in [1.165, 1.54) is 0 Å². The van der Waals surface area contributed by atoms with Crippen molar-refractivity contribution in [3.8, 4) is 0 Å². The Bertz CT molecular complexity index is 79.0. The molecular formula is C7H15NO. The first-order valence-corrected chi connectivity index (χ1v) is 3.18. The molecule has 0 N–H and O–H groups in total. The van der Waals surface area contributed by atoms with Crippen LogP contribution in [-0.4, -0.2) is 25.8 Å². The van der Waals surface area contributed by atoms with Gasteiger partial charge >= 0.3 is 0 Å². The number of hydrogen-bond donors (Lipinski definition) is 0. The molecule has 0 saturated heterocycles. The summed E-state index contributed by atoms with van der Waals surface area (Å²) in [6.07, 6.45) is 5.11. The first-order valence-electron chi connectivity index (χ1n) is 3.18. The summed E-state index contributed by atoms with van der Waals surface area (Å²) < 4.78 is 0. The average Bonchev–Trinajstić information content (AvgIpc) is 1.80. The van der Waals surface area contributed by atoms with Gasteiger partial charge in [-0.3, -0.25) is 4.84 Å². The molecule has 0 aliphatic rings. The Morgan fingerprint density at radius 2 is 2.11 bits per heavy atom. The average molecular weight is 129 g/mol. The van der Waals surface area contributed by atoms with Crippen LogP contribution in [0.1, 0.15) is 13.3 Å². The van der Waals surface area contributed by atoms with Gasteiger partial charge in [0.25, 0.3) is 0 Å². The maximum absolute atomic E-state index is 5.13. The summed E-state index contributed by atoms with van der Waals surface area (Å²) in [5.41, 5.74) is 0. The Labute approximate surface area is 57.1 Å². The molecule has 0 heterocycles. The fraction of sp³-hybridized carbons (Fsp3) is 0.714. The van der Waals surface area contributed by atoms with E-state index in [-0.39, 0.29) is 0 Å². The summed E-state index contributed by atoms with van der Waals surface area (Å²) in [5, 5.41) is 1.71. The van der Waals surface area contributed by atoms with Gasteiger partial charge in [0.2, 0.25) is 0 Å². The van der Waals surface area contributed by atoms with Crippen LogP contribution in [0.3, 0.4) is 0 Å². The fourth-order valence-electron chi connectivity index (χ4n) is 0.470. The van der Waals surface area contributed by atoms with Crippen LogP contribution < -0.4 is 0 Å². The van der Waals surface area contributed by atoms with Crippen LogP contribution in [0.15, 0.2) is 12.2 Å². The predicted molar refractivity (Wildman–Crippen MR) is 39.1 cm³/mol. The maximum Gasteiger partial charge on any atom is 0.0719 e. The lowest BCUT2D eigenvalue weighted by Crippen LogP contribution is -2.12. The maximum atomic E-state index is 5.13. The van der Waals surface area contributed by atoms with Crippen LogP contribution in [0.25, 0.3) is 0 Å². The number of allylic oxidation sites excluding steroid dienone is 1. The van der Waals surface area contributed by atoms with Gasteiger partial charge in [-0.15, -0.1) is 0 Å². The van der Waals surface area contributed by atoms with Crippen molar-refractivity contribution < 1.29 is 4.84 Å². The molecule has 0 radical (unpaired) electrons. The van der Waals surface area contributed by atoms with Crippen molar-refractivity contribution in [3.05, 3.63) is 12.2 Å². The minimum Gasteiger partial charge on any atom is -0.299 e. The van der Waals surface area contributed by atoms with Crippen LogP contribution in [0.4, 0.5) is 0 Å². The minimum absolute atomic E-state index is 0.775. The summed E-state index contributed by atoms with van der Waals surface area (Å²) in [7, 11) is 3.77.